The van der Waals surface area contributed by atoms with Crippen LogP contribution in [0, 0.1) is 13.8 Å². The van der Waals surface area contributed by atoms with Gasteiger partial charge in [0.15, 0.2) is 0 Å². The Labute approximate surface area is 152 Å². The van der Waals surface area contributed by atoms with Crippen LogP contribution in [0.3, 0.4) is 0 Å². The number of rotatable bonds is 6. The summed E-state index contributed by atoms with van der Waals surface area (Å²) >= 11 is 0. The van der Waals surface area contributed by atoms with Crippen LogP contribution < -0.4 is 15.6 Å². The maximum absolute atomic E-state index is 12.3. The molecule has 0 radical (unpaired) electrons. The minimum Gasteiger partial charge on any atom is -0.348 e. The molecule has 0 spiro atoms. The summed E-state index contributed by atoms with van der Waals surface area (Å²) in [6.07, 6.45) is 1.10. The van der Waals surface area contributed by atoms with E-state index in [4.69, 9.17) is 0 Å². The van der Waals surface area contributed by atoms with Crippen LogP contribution in [0.5, 0.6) is 0 Å². The number of aryl methyl sites for hydroxylation is 2. The molecule has 0 saturated heterocycles. The summed E-state index contributed by atoms with van der Waals surface area (Å²) < 4.78 is 25.0. The van der Waals surface area contributed by atoms with E-state index in [1.165, 1.54) is 0 Å². The lowest BCUT2D eigenvalue weighted by Crippen LogP contribution is -2.28. The van der Waals surface area contributed by atoms with Gasteiger partial charge in [-0.2, -0.15) is 0 Å². The zero-order valence-corrected chi connectivity index (χ0v) is 16.0. The van der Waals surface area contributed by atoms with Crippen LogP contribution in [-0.2, 0) is 16.6 Å². The maximum Gasteiger partial charge on any atom is 0.253 e. The van der Waals surface area contributed by atoms with Gasteiger partial charge in [0.2, 0.25) is 10.0 Å². The molecule has 140 valence electrons. The second kappa shape index (κ2) is 7.84. The molecule has 26 heavy (non-hydrogen) atoms. The van der Waals surface area contributed by atoms with Gasteiger partial charge in [0.1, 0.15) is 0 Å². The highest BCUT2D eigenvalue weighted by atomic mass is 32.2. The fourth-order valence-corrected chi connectivity index (χ4v) is 3.46. The molecule has 1 aromatic heterocycles. The molecule has 0 bridgehead atoms. The first-order chi connectivity index (χ1) is 12.1. The molecule has 0 fully saturated rings. The van der Waals surface area contributed by atoms with Gasteiger partial charge >= 0.3 is 0 Å². The van der Waals surface area contributed by atoms with Crippen molar-refractivity contribution >= 4 is 15.9 Å². The van der Waals surface area contributed by atoms with Gasteiger partial charge in [0.25, 0.3) is 11.5 Å². The predicted octanol–water partition coefficient (Wildman–Crippen LogP) is 1.53. The second-order valence-corrected chi connectivity index (χ2v) is 8.14. The first-order valence-electron chi connectivity index (χ1n) is 8.11. The number of carbonyl (C=O) groups is 1. The molecule has 0 aliphatic carbocycles. The summed E-state index contributed by atoms with van der Waals surface area (Å²) in [7, 11) is -3.31. The SMILES string of the molecule is Cc1cc(C)c(CNC(=O)c2ccc(C(C)NS(C)(=O)=O)cc2)c(=O)[nH]1. The molecule has 1 atom stereocenters. The van der Waals surface area contributed by atoms with Crippen molar-refractivity contribution in [2.45, 2.75) is 33.4 Å². The molecule has 1 heterocycles. The largest absolute Gasteiger partial charge is 0.348 e. The molecule has 2 aromatic rings. The van der Waals surface area contributed by atoms with Gasteiger partial charge in [-0.1, -0.05) is 12.1 Å². The highest BCUT2D eigenvalue weighted by molar-refractivity contribution is 7.88. The third-order valence-corrected chi connectivity index (χ3v) is 4.76. The van der Waals surface area contributed by atoms with Crippen molar-refractivity contribution in [3.63, 3.8) is 0 Å². The van der Waals surface area contributed by atoms with E-state index in [2.05, 4.69) is 15.0 Å². The number of sulfonamides is 1. The van der Waals surface area contributed by atoms with Crippen molar-refractivity contribution in [3.8, 4) is 0 Å². The molecule has 7 nitrogen and oxygen atoms in total. The van der Waals surface area contributed by atoms with Crippen LogP contribution in [-0.4, -0.2) is 25.6 Å². The number of nitrogens with one attached hydrogen (secondary N) is 3. The molecule has 1 amide bonds. The summed E-state index contributed by atoms with van der Waals surface area (Å²) in [6, 6.07) is 8.10. The average molecular weight is 377 g/mol. The summed E-state index contributed by atoms with van der Waals surface area (Å²) in [6.45, 7) is 5.49. The average Bonchev–Trinajstić information content (AvgIpc) is 2.52. The number of benzene rings is 1. The Bertz CT molecular complexity index is 963. The van der Waals surface area contributed by atoms with Gasteiger partial charge in [-0.25, -0.2) is 13.1 Å². The van der Waals surface area contributed by atoms with Gasteiger partial charge in [-0.3, -0.25) is 9.59 Å². The molecule has 1 aromatic carbocycles. The van der Waals surface area contributed by atoms with Crippen molar-refractivity contribution in [3.05, 3.63) is 68.6 Å². The van der Waals surface area contributed by atoms with Crippen molar-refractivity contribution < 1.29 is 13.2 Å². The Morgan fingerprint density at radius 3 is 2.35 bits per heavy atom. The van der Waals surface area contributed by atoms with E-state index in [1.54, 1.807) is 38.1 Å². The fraction of sp³-hybridized carbons (Fsp3) is 0.333. The van der Waals surface area contributed by atoms with E-state index >= 15 is 0 Å². The zero-order valence-electron chi connectivity index (χ0n) is 15.2. The molecule has 8 heteroatoms. The first kappa shape index (κ1) is 19.9. The number of carbonyl (C=O) groups excluding carboxylic acids is 1. The minimum atomic E-state index is -3.31. The van der Waals surface area contributed by atoms with Gasteiger partial charge in [-0.05, 0) is 50.1 Å². The van der Waals surface area contributed by atoms with Crippen LogP contribution in [0.2, 0.25) is 0 Å². The van der Waals surface area contributed by atoms with E-state index in [-0.39, 0.29) is 18.0 Å². The van der Waals surface area contributed by atoms with Crippen LogP contribution in [0.15, 0.2) is 35.1 Å². The molecular formula is C18H23N3O4S. The van der Waals surface area contributed by atoms with Crippen molar-refractivity contribution in [1.82, 2.24) is 15.0 Å². The molecule has 2 rings (SSSR count). The number of hydrogen-bond acceptors (Lipinski definition) is 4. The quantitative estimate of drug-likeness (QED) is 0.709. The molecule has 1 unspecified atom stereocenters. The van der Waals surface area contributed by atoms with Crippen molar-refractivity contribution in [2.75, 3.05) is 6.26 Å². The monoisotopic (exact) mass is 377 g/mol. The Balaban J connectivity index is 2.06. The van der Waals surface area contributed by atoms with Crippen LogP contribution in [0.25, 0.3) is 0 Å². The second-order valence-electron chi connectivity index (χ2n) is 6.36. The third kappa shape index (κ3) is 5.27. The Morgan fingerprint density at radius 1 is 1.19 bits per heavy atom. The number of aromatic nitrogens is 1. The fourth-order valence-electron chi connectivity index (χ4n) is 2.68. The predicted molar refractivity (Wildman–Crippen MR) is 101 cm³/mol. The van der Waals surface area contributed by atoms with Crippen LogP contribution in [0.1, 0.15) is 45.7 Å². The lowest BCUT2D eigenvalue weighted by atomic mass is 10.1. The topological polar surface area (TPSA) is 108 Å². The van der Waals surface area contributed by atoms with Gasteiger partial charge in [0, 0.05) is 29.4 Å². The molecule has 0 aliphatic heterocycles. The zero-order chi connectivity index (χ0) is 19.5. The highest BCUT2D eigenvalue weighted by Gasteiger charge is 2.13. The van der Waals surface area contributed by atoms with Crippen LogP contribution in [0.4, 0.5) is 0 Å². The number of amides is 1. The van der Waals surface area contributed by atoms with Crippen molar-refractivity contribution in [1.29, 1.82) is 0 Å². The summed E-state index contributed by atoms with van der Waals surface area (Å²) in [5.74, 6) is -0.306. The number of hydrogen-bond donors (Lipinski definition) is 3. The Hall–Kier alpha value is -2.45. The standard InChI is InChI=1S/C18H23N3O4S/c1-11-9-12(2)20-18(23)16(11)10-19-17(22)15-7-5-14(6-8-15)13(3)21-26(4,24)25/h5-9,13,21H,10H2,1-4H3,(H,19,22)(H,20,23). The number of aromatic amines is 1. The molecular weight excluding hydrogens is 354 g/mol. The molecule has 0 aliphatic rings. The third-order valence-electron chi connectivity index (χ3n) is 3.98. The smallest absolute Gasteiger partial charge is 0.253 e. The molecule has 3 N–H and O–H groups in total. The number of pyridine rings is 1. The maximum atomic E-state index is 12.3. The Morgan fingerprint density at radius 2 is 1.81 bits per heavy atom. The number of H-pyrrole nitrogens is 1. The first-order valence-corrected chi connectivity index (χ1v) is 10.0. The summed E-state index contributed by atoms with van der Waals surface area (Å²) in [5.41, 5.74) is 3.09. The molecule has 0 saturated carbocycles. The van der Waals surface area contributed by atoms with Gasteiger partial charge < -0.3 is 10.3 Å². The minimum absolute atomic E-state index is 0.133. The van der Waals surface area contributed by atoms with E-state index in [9.17, 15) is 18.0 Å². The highest BCUT2D eigenvalue weighted by Crippen LogP contribution is 2.14. The van der Waals surface area contributed by atoms with E-state index < -0.39 is 16.1 Å². The van der Waals surface area contributed by atoms with E-state index in [0.29, 0.717) is 11.1 Å². The summed E-state index contributed by atoms with van der Waals surface area (Å²) in [4.78, 5) is 27.0. The van der Waals surface area contributed by atoms with E-state index in [1.807, 2.05) is 13.0 Å². The Kier molecular flexibility index (Phi) is 5.99. The van der Waals surface area contributed by atoms with E-state index in [0.717, 1.165) is 23.1 Å². The van der Waals surface area contributed by atoms with Crippen molar-refractivity contribution in [2.24, 2.45) is 0 Å². The lowest BCUT2D eigenvalue weighted by Gasteiger charge is -2.13. The van der Waals surface area contributed by atoms with Gasteiger partial charge in [0.05, 0.1) is 6.26 Å². The lowest BCUT2D eigenvalue weighted by molar-refractivity contribution is 0.0950. The van der Waals surface area contributed by atoms with Crippen LogP contribution >= 0.6 is 0 Å². The van der Waals surface area contributed by atoms with Gasteiger partial charge in [-0.15, -0.1) is 0 Å². The summed E-state index contributed by atoms with van der Waals surface area (Å²) in [5, 5.41) is 2.73. The normalized spacial score (nSPS) is 12.6.